The molecule has 0 N–H and O–H groups in total. The molecule has 1 aliphatic rings. The average molecular weight is 311 g/mol. The number of hydrogen-bond donors (Lipinski definition) is 0. The van der Waals surface area contributed by atoms with E-state index in [2.05, 4.69) is 14.9 Å². The van der Waals surface area contributed by atoms with Crippen LogP contribution in [0.2, 0.25) is 0 Å². The third-order valence-electron chi connectivity index (χ3n) is 4.05. The molecule has 1 aromatic heterocycles. The molecule has 0 radical (unpaired) electrons. The Morgan fingerprint density at radius 2 is 1.91 bits per heavy atom. The molecule has 23 heavy (non-hydrogen) atoms. The van der Waals surface area contributed by atoms with E-state index in [4.69, 9.17) is 0 Å². The Morgan fingerprint density at radius 3 is 2.57 bits per heavy atom. The highest BCUT2D eigenvalue weighted by Gasteiger charge is 2.23. The van der Waals surface area contributed by atoms with Crippen LogP contribution in [0.1, 0.15) is 10.4 Å². The van der Waals surface area contributed by atoms with Crippen molar-refractivity contribution in [2.75, 3.05) is 50.1 Å². The standard InChI is InChI=1S/C17H21N5O/c1-20(2)15-5-3-4-14(12-15)17(23)22-10-8-21(9-11-22)16-13-18-6-7-19-16/h3-7,12-13H,8-11H2,1-2H3. The molecule has 3 rings (SSSR count). The van der Waals surface area contributed by atoms with Gasteiger partial charge in [-0.2, -0.15) is 0 Å². The van der Waals surface area contributed by atoms with Crippen LogP contribution in [0.25, 0.3) is 0 Å². The quantitative estimate of drug-likeness (QED) is 0.860. The number of rotatable bonds is 3. The lowest BCUT2D eigenvalue weighted by Gasteiger charge is -2.35. The minimum Gasteiger partial charge on any atom is -0.378 e. The number of benzene rings is 1. The van der Waals surface area contributed by atoms with E-state index in [1.807, 2.05) is 48.2 Å². The molecule has 6 nitrogen and oxygen atoms in total. The number of aromatic nitrogens is 2. The Kier molecular flexibility index (Phi) is 4.41. The van der Waals surface area contributed by atoms with Gasteiger partial charge in [-0.1, -0.05) is 6.07 Å². The predicted molar refractivity (Wildman–Crippen MR) is 90.9 cm³/mol. The maximum Gasteiger partial charge on any atom is 0.254 e. The minimum atomic E-state index is 0.0903. The largest absolute Gasteiger partial charge is 0.378 e. The molecule has 0 atom stereocenters. The molecule has 0 bridgehead atoms. The van der Waals surface area contributed by atoms with Gasteiger partial charge in [0.05, 0.1) is 6.20 Å². The van der Waals surface area contributed by atoms with Gasteiger partial charge >= 0.3 is 0 Å². The summed E-state index contributed by atoms with van der Waals surface area (Å²) in [4.78, 5) is 27.2. The Labute approximate surface area is 136 Å². The van der Waals surface area contributed by atoms with E-state index in [-0.39, 0.29) is 5.91 Å². The second-order valence-corrected chi connectivity index (χ2v) is 5.79. The first-order valence-electron chi connectivity index (χ1n) is 7.73. The summed E-state index contributed by atoms with van der Waals surface area (Å²) in [5, 5.41) is 0. The lowest BCUT2D eigenvalue weighted by molar-refractivity contribution is 0.0746. The van der Waals surface area contributed by atoms with Gasteiger partial charge in [0.25, 0.3) is 5.91 Å². The van der Waals surface area contributed by atoms with Crippen molar-refractivity contribution in [3.63, 3.8) is 0 Å². The van der Waals surface area contributed by atoms with Gasteiger partial charge < -0.3 is 14.7 Å². The van der Waals surface area contributed by atoms with Crippen LogP contribution in [-0.4, -0.2) is 61.0 Å². The fraction of sp³-hybridized carbons (Fsp3) is 0.353. The molecular weight excluding hydrogens is 290 g/mol. The molecule has 0 aliphatic carbocycles. The van der Waals surface area contributed by atoms with Crippen LogP contribution in [0.3, 0.4) is 0 Å². The summed E-state index contributed by atoms with van der Waals surface area (Å²) in [7, 11) is 3.95. The van der Waals surface area contributed by atoms with Gasteiger partial charge in [0, 0.05) is 63.9 Å². The zero-order chi connectivity index (χ0) is 16.2. The fourth-order valence-electron chi connectivity index (χ4n) is 2.69. The first-order valence-corrected chi connectivity index (χ1v) is 7.73. The van der Waals surface area contributed by atoms with E-state index in [1.165, 1.54) is 0 Å². The molecule has 1 fully saturated rings. The van der Waals surface area contributed by atoms with Crippen molar-refractivity contribution in [3.8, 4) is 0 Å². The first-order chi connectivity index (χ1) is 11.1. The van der Waals surface area contributed by atoms with Crippen LogP contribution >= 0.6 is 0 Å². The smallest absolute Gasteiger partial charge is 0.254 e. The van der Waals surface area contributed by atoms with Gasteiger partial charge in [0.1, 0.15) is 5.82 Å². The van der Waals surface area contributed by atoms with E-state index in [0.717, 1.165) is 30.2 Å². The molecule has 1 saturated heterocycles. The number of nitrogens with zero attached hydrogens (tertiary/aromatic N) is 5. The molecule has 1 amide bonds. The highest BCUT2D eigenvalue weighted by molar-refractivity contribution is 5.95. The summed E-state index contributed by atoms with van der Waals surface area (Å²) in [6.45, 7) is 2.94. The molecule has 2 aromatic rings. The third-order valence-corrected chi connectivity index (χ3v) is 4.05. The SMILES string of the molecule is CN(C)c1cccc(C(=O)N2CCN(c3cnccn3)CC2)c1. The maximum atomic E-state index is 12.7. The highest BCUT2D eigenvalue weighted by Crippen LogP contribution is 2.17. The fourth-order valence-corrected chi connectivity index (χ4v) is 2.69. The summed E-state index contributed by atoms with van der Waals surface area (Å²) < 4.78 is 0. The van der Waals surface area contributed by atoms with Gasteiger partial charge in [-0.3, -0.25) is 9.78 Å². The number of amides is 1. The van der Waals surface area contributed by atoms with Crippen molar-refractivity contribution < 1.29 is 4.79 Å². The number of carbonyl (C=O) groups is 1. The normalized spacial score (nSPS) is 14.7. The van der Waals surface area contributed by atoms with Crippen LogP contribution < -0.4 is 9.80 Å². The summed E-state index contributed by atoms with van der Waals surface area (Å²) in [5.41, 5.74) is 1.78. The molecule has 0 unspecified atom stereocenters. The molecule has 2 heterocycles. The minimum absolute atomic E-state index is 0.0903. The van der Waals surface area contributed by atoms with Crippen LogP contribution in [0.5, 0.6) is 0 Å². The van der Waals surface area contributed by atoms with Gasteiger partial charge in [0.2, 0.25) is 0 Å². The zero-order valence-electron chi connectivity index (χ0n) is 13.5. The molecule has 6 heteroatoms. The van der Waals surface area contributed by atoms with Crippen LogP contribution in [0.15, 0.2) is 42.9 Å². The molecule has 0 spiro atoms. The molecule has 0 saturated carbocycles. The summed E-state index contributed by atoms with van der Waals surface area (Å²) in [6, 6.07) is 7.75. The van der Waals surface area contributed by atoms with Gasteiger partial charge in [-0.05, 0) is 18.2 Å². The third kappa shape index (κ3) is 3.41. The summed E-state index contributed by atoms with van der Waals surface area (Å²) in [6.07, 6.45) is 5.12. The van der Waals surface area contributed by atoms with E-state index < -0.39 is 0 Å². The second kappa shape index (κ2) is 6.64. The highest BCUT2D eigenvalue weighted by atomic mass is 16.2. The van der Waals surface area contributed by atoms with Crippen LogP contribution in [0, 0.1) is 0 Å². The molecule has 1 aromatic carbocycles. The van der Waals surface area contributed by atoms with Crippen molar-refractivity contribution in [1.82, 2.24) is 14.9 Å². The van der Waals surface area contributed by atoms with Crippen molar-refractivity contribution in [2.45, 2.75) is 0 Å². The Bertz CT molecular complexity index is 666. The zero-order valence-corrected chi connectivity index (χ0v) is 13.5. The lowest BCUT2D eigenvalue weighted by atomic mass is 10.1. The Hall–Kier alpha value is -2.63. The van der Waals surface area contributed by atoms with E-state index in [0.29, 0.717) is 13.1 Å². The van der Waals surface area contributed by atoms with E-state index >= 15 is 0 Å². The molecular formula is C17H21N5O. The van der Waals surface area contributed by atoms with Crippen molar-refractivity contribution in [3.05, 3.63) is 48.4 Å². The number of piperazine rings is 1. The topological polar surface area (TPSA) is 52.6 Å². The maximum absolute atomic E-state index is 12.7. The summed E-state index contributed by atoms with van der Waals surface area (Å²) >= 11 is 0. The lowest BCUT2D eigenvalue weighted by Crippen LogP contribution is -2.49. The molecule has 120 valence electrons. The van der Waals surface area contributed by atoms with Crippen molar-refractivity contribution >= 4 is 17.4 Å². The van der Waals surface area contributed by atoms with E-state index in [9.17, 15) is 4.79 Å². The predicted octanol–water partition coefficient (Wildman–Crippen LogP) is 1.50. The average Bonchev–Trinajstić information content (AvgIpc) is 2.62. The summed E-state index contributed by atoms with van der Waals surface area (Å²) in [5.74, 6) is 0.960. The Morgan fingerprint density at radius 1 is 1.13 bits per heavy atom. The monoisotopic (exact) mass is 311 g/mol. The van der Waals surface area contributed by atoms with Gasteiger partial charge in [-0.25, -0.2) is 4.98 Å². The molecule has 1 aliphatic heterocycles. The second-order valence-electron chi connectivity index (χ2n) is 5.79. The number of carbonyl (C=O) groups excluding carboxylic acids is 1. The Balaban J connectivity index is 1.65. The first kappa shape index (κ1) is 15.3. The van der Waals surface area contributed by atoms with Crippen LogP contribution in [-0.2, 0) is 0 Å². The number of anilines is 2. The van der Waals surface area contributed by atoms with E-state index in [1.54, 1.807) is 18.6 Å². The van der Waals surface area contributed by atoms with Crippen molar-refractivity contribution in [2.24, 2.45) is 0 Å². The van der Waals surface area contributed by atoms with Crippen molar-refractivity contribution in [1.29, 1.82) is 0 Å². The van der Waals surface area contributed by atoms with Gasteiger partial charge in [0.15, 0.2) is 0 Å². The van der Waals surface area contributed by atoms with Crippen LogP contribution in [0.4, 0.5) is 11.5 Å². The number of hydrogen-bond acceptors (Lipinski definition) is 5. The van der Waals surface area contributed by atoms with Gasteiger partial charge in [-0.15, -0.1) is 0 Å².